The van der Waals surface area contributed by atoms with E-state index in [1.54, 1.807) is 0 Å². The van der Waals surface area contributed by atoms with E-state index in [0.717, 1.165) is 19.5 Å². The highest BCUT2D eigenvalue weighted by Gasteiger charge is 2.30. The van der Waals surface area contributed by atoms with Crippen LogP contribution in [0, 0.1) is 5.92 Å². The van der Waals surface area contributed by atoms with E-state index in [2.05, 4.69) is 16.8 Å². The highest BCUT2D eigenvalue weighted by molar-refractivity contribution is 7.15. The second-order valence-electron chi connectivity index (χ2n) is 4.07. The molecule has 1 aromatic heterocycles. The van der Waals surface area contributed by atoms with Gasteiger partial charge in [-0.15, -0.1) is 11.3 Å². The van der Waals surface area contributed by atoms with Crippen molar-refractivity contribution in [1.82, 2.24) is 9.88 Å². The van der Waals surface area contributed by atoms with E-state index in [-0.39, 0.29) is 6.61 Å². The molecule has 1 N–H and O–H groups in total. The molecule has 1 aliphatic heterocycles. The number of aliphatic hydroxyl groups is 1. The summed E-state index contributed by atoms with van der Waals surface area (Å²) in [7, 11) is 0. The minimum atomic E-state index is 0.244. The Bertz CT molecular complexity index is 331. The zero-order chi connectivity index (χ0) is 10.8. The van der Waals surface area contributed by atoms with Gasteiger partial charge in [-0.05, 0) is 18.9 Å². The van der Waals surface area contributed by atoms with Gasteiger partial charge in [0.2, 0.25) is 0 Å². The van der Waals surface area contributed by atoms with Crippen LogP contribution in [0.3, 0.4) is 0 Å². The van der Waals surface area contributed by atoms with Crippen molar-refractivity contribution in [3.05, 3.63) is 15.5 Å². The van der Waals surface area contributed by atoms with Gasteiger partial charge in [0.25, 0.3) is 0 Å². The minimum Gasteiger partial charge on any atom is -0.395 e. The molecule has 1 aliphatic rings. The molecule has 5 heteroatoms. The first-order chi connectivity index (χ1) is 7.20. The Morgan fingerprint density at radius 3 is 3.13 bits per heavy atom. The summed E-state index contributed by atoms with van der Waals surface area (Å²) in [5.41, 5.74) is 0. The Kier molecular flexibility index (Phi) is 3.61. The van der Waals surface area contributed by atoms with Crippen molar-refractivity contribution in [1.29, 1.82) is 0 Å². The normalized spacial score (nSPS) is 27.4. The smallest absolute Gasteiger partial charge is 0.183 e. The summed E-state index contributed by atoms with van der Waals surface area (Å²) in [6.07, 6.45) is 2.99. The van der Waals surface area contributed by atoms with Crippen molar-refractivity contribution < 1.29 is 5.11 Å². The molecule has 1 aromatic rings. The van der Waals surface area contributed by atoms with Crippen LogP contribution in [-0.2, 0) is 6.54 Å². The average molecular weight is 247 g/mol. The fourth-order valence-electron chi connectivity index (χ4n) is 2.14. The van der Waals surface area contributed by atoms with Crippen molar-refractivity contribution in [2.45, 2.75) is 25.9 Å². The van der Waals surface area contributed by atoms with Gasteiger partial charge in [0.15, 0.2) is 4.47 Å². The summed E-state index contributed by atoms with van der Waals surface area (Å²) in [5, 5.41) is 9.31. The number of hydrogen-bond acceptors (Lipinski definition) is 4. The summed E-state index contributed by atoms with van der Waals surface area (Å²) in [5.74, 6) is 0.582. The lowest BCUT2D eigenvalue weighted by atomic mass is 10.0. The van der Waals surface area contributed by atoms with Gasteiger partial charge < -0.3 is 5.11 Å². The van der Waals surface area contributed by atoms with E-state index in [1.165, 1.54) is 16.2 Å². The van der Waals surface area contributed by atoms with Gasteiger partial charge in [0.05, 0.1) is 6.61 Å². The Morgan fingerprint density at radius 2 is 2.53 bits per heavy atom. The monoisotopic (exact) mass is 246 g/mol. The zero-order valence-electron chi connectivity index (χ0n) is 8.69. The van der Waals surface area contributed by atoms with Gasteiger partial charge in [0, 0.05) is 23.7 Å². The molecule has 0 aromatic carbocycles. The minimum absolute atomic E-state index is 0.244. The lowest BCUT2D eigenvalue weighted by Gasteiger charge is -2.24. The summed E-state index contributed by atoms with van der Waals surface area (Å²) >= 11 is 7.30. The zero-order valence-corrected chi connectivity index (χ0v) is 10.3. The quantitative estimate of drug-likeness (QED) is 0.886. The average Bonchev–Trinajstić information content (AvgIpc) is 2.75. The number of aromatic nitrogens is 1. The molecule has 2 heterocycles. The Balaban J connectivity index is 2.00. The first-order valence-corrected chi connectivity index (χ1v) is 6.35. The standard InChI is InChI=1S/C10H15ClN2OS/c1-7-2-3-13(9(7)6-14)5-8-4-12-10(11)15-8/h4,7,9,14H,2-3,5-6H2,1H3. The molecular weight excluding hydrogens is 232 g/mol. The summed E-state index contributed by atoms with van der Waals surface area (Å²) in [6, 6.07) is 0.297. The van der Waals surface area contributed by atoms with E-state index >= 15 is 0 Å². The number of hydrogen-bond donors (Lipinski definition) is 1. The number of thiazole rings is 1. The van der Waals surface area contributed by atoms with Crippen LogP contribution in [0.2, 0.25) is 4.47 Å². The Labute approximate surface area is 98.7 Å². The number of halogens is 1. The number of likely N-dealkylation sites (tertiary alicyclic amines) is 1. The fourth-order valence-corrected chi connectivity index (χ4v) is 3.14. The second-order valence-corrected chi connectivity index (χ2v) is 5.76. The van der Waals surface area contributed by atoms with Crippen LogP contribution in [0.5, 0.6) is 0 Å². The van der Waals surface area contributed by atoms with Crippen LogP contribution >= 0.6 is 22.9 Å². The van der Waals surface area contributed by atoms with Gasteiger partial charge in [0.1, 0.15) is 0 Å². The Hall–Kier alpha value is -0.160. The molecule has 0 aliphatic carbocycles. The topological polar surface area (TPSA) is 36.4 Å². The molecule has 0 saturated carbocycles. The lowest BCUT2D eigenvalue weighted by Crippen LogP contribution is -2.34. The van der Waals surface area contributed by atoms with E-state index in [1.807, 2.05) is 6.20 Å². The molecule has 15 heavy (non-hydrogen) atoms. The van der Waals surface area contributed by atoms with Gasteiger partial charge in [-0.1, -0.05) is 18.5 Å². The van der Waals surface area contributed by atoms with E-state index in [0.29, 0.717) is 16.4 Å². The second kappa shape index (κ2) is 4.78. The molecule has 2 unspecified atom stereocenters. The van der Waals surface area contributed by atoms with Crippen LogP contribution in [0.1, 0.15) is 18.2 Å². The largest absolute Gasteiger partial charge is 0.395 e. The first-order valence-electron chi connectivity index (χ1n) is 5.16. The number of nitrogens with zero attached hydrogens (tertiary/aromatic N) is 2. The molecule has 0 spiro atoms. The molecule has 1 fully saturated rings. The summed E-state index contributed by atoms with van der Waals surface area (Å²) in [6.45, 7) is 4.36. The molecule has 0 radical (unpaired) electrons. The van der Waals surface area contributed by atoms with Crippen molar-refractivity contribution in [2.75, 3.05) is 13.2 Å². The van der Waals surface area contributed by atoms with E-state index in [9.17, 15) is 5.11 Å². The molecule has 0 amide bonds. The lowest BCUT2D eigenvalue weighted by molar-refractivity contribution is 0.135. The maximum absolute atomic E-state index is 9.31. The van der Waals surface area contributed by atoms with Gasteiger partial charge >= 0.3 is 0 Å². The van der Waals surface area contributed by atoms with Crippen molar-refractivity contribution in [3.63, 3.8) is 0 Å². The van der Waals surface area contributed by atoms with Gasteiger partial charge in [-0.3, -0.25) is 4.90 Å². The van der Waals surface area contributed by atoms with Gasteiger partial charge in [-0.2, -0.15) is 0 Å². The van der Waals surface area contributed by atoms with Crippen LogP contribution in [0.25, 0.3) is 0 Å². The maximum Gasteiger partial charge on any atom is 0.183 e. The molecule has 1 saturated heterocycles. The molecule has 2 atom stereocenters. The number of rotatable bonds is 3. The third-order valence-corrected chi connectivity index (χ3v) is 4.17. The third kappa shape index (κ3) is 2.50. The first kappa shape index (κ1) is 11.3. The highest BCUT2D eigenvalue weighted by Crippen LogP contribution is 2.27. The van der Waals surface area contributed by atoms with Crippen LogP contribution in [-0.4, -0.2) is 34.2 Å². The maximum atomic E-state index is 9.31. The van der Waals surface area contributed by atoms with Crippen molar-refractivity contribution in [2.24, 2.45) is 5.92 Å². The van der Waals surface area contributed by atoms with E-state index in [4.69, 9.17) is 11.6 Å². The van der Waals surface area contributed by atoms with Crippen molar-refractivity contribution >= 4 is 22.9 Å². The molecule has 3 nitrogen and oxygen atoms in total. The third-order valence-electron chi connectivity index (χ3n) is 3.07. The molecule has 84 valence electrons. The van der Waals surface area contributed by atoms with Crippen LogP contribution in [0.15, 0.2) is 6.20 Å². The number of aliphatic hydroxyl groups excluding tert-OH is 1. The summed E-state index contributed by atoms with van der Waals surface area (Å²) < 4.78 is 0.595. The molecule has 0 bridgehead atoms. The predicted molar refractivity (Wildman–Crippen MR) is 62.2 cm³/mol. The van der Waals surface area contributed by atoms with Crippen molar-refractivity contribution in [3.8, 4) is 0 Å². The molecular formula is C10H15ClN2OS. The molecule has 2 rings (SSSR count). The van der Waals surface area contributed by atoms with Gasteiger partial charge in [-0.25, -0.2) is 4.98 Å². The summed E-state index contributed by atoms with van der Waals surface area (Å²) in [4.78, 5) is 7.51. The van der Waals surface area contributed by atoms with E-state index < -0.39 is 0 Å². The van der Waals surface area contributed by atoms with Crippen LogP contribution in [0.4, 0.5) is 0 Å². The van der Waals surface area contributed by atoms with Crippen LogP contribution < -0.4 is 0 Å². The Morgan fingerprint density at radius 1 is 1.73 bits per heavy atom. The fraction of sp³-hybridized carbons (Fsp3) is 0.700. The SMILES string of the molecule is CC1CCN(Cc2cnc(Cl)s2)C1CO. The predicted octanol–water partition coefficient (Wildman–Crippen LogP) is 2.00. The highest BCUT2D eigenvalue weighted by atomic mass is 35.5.